The molecule has 0 radical (unpaired) electrons. The number of aromatic nitrogens is 2. The summed E-state index contributed by atoms with van der Waals surface area (Å²) in [5.74, 6) is -0.0141. The lowest BCUT2D eigenvalue weighted by Crippen LogP contribution is -2.34. The second kappa shape index (κ2) is 6.81. The highest BCUT2D eigenvalue weighted by atomic mass is 32.2. The SMILES string of the molecule is COc1ccccc1-c1nnc([C@H](CC(N)=O)NS(=O)(=O)C2CC2)o1. The molecular weight excluding hydrogens is 348 g/mol. The van der Waals surface area contributed by atoms with E-state index in [1.165, 1.54) is 7.11 Å². The van der Waals surface area contributed by atoms with E-state index >= 15 is 0 Å². The van der Waals surface area contributed by atoms with Crippen LogP contribution < -0.4 is 15.2 Å². The molecule has 1 aromatic heterocycles. The standard InChI is InChI=1S/C15H18N4O5S/c1-23-12-5-3-2-4-10(12)14-17-18-15(24-14)11(8-13(16)20)19-25(21,22)9-6-7-9/h2-5,9,11,19H,6-8H2,1H3,(H2,16,20)/t11-/m0/s1. The first-order valence-electron chi connectivity index (χ1n) is 7.67. The van der Waals surface area contributed by atoms with Crippen molar-refractivity contribution in [2.45, 2.75) is 30.6 Å². The van der Waals surface area contributed by atoms with E-state index in [1.54, 1.807) is 24.3 Å². The molecule has 1 amide bonds. The molecule has 1 atom stereocenters. The Bertz CT molecular complexity index is 876. The van der Waals surface area contributed by atoms with Gasteiger partial charge in [0, 0.05) is 0 Å². The third-order valence-electron chi connectivity index (χ3n) is 3.75. The molecular formula is C15H18N4O5S. The largest absolute Gasteiger partial charge is 0.496 e. The minimum absolute atomic E-state index is 0.0241. The zero-order valence-electron chi connectivity index (χ0n) is 13.5. The number of rotatable bonds is 8. The lowest BCUT2D eigenvalue weighted by atomic mass is 10.2. The van der Waals surface area contributed by atoms with E-state index < -0.39 is 27.2 Å². The minimum atomic E-state index is -3.56. The summed E-state index contributed by atoms with van der Waals surface area (Å²) in [5.41, 5.74) is 5.78. The van der Waals surface area contributed by atoms with Gasteiger partial charge in [-0.2, -0.15) is 0 Å². The van der Waals surface area contributed by atoms with Crippen molar-refractivity contribution in [2.75, 3.05) is 7.11 Å². The Morgan fingerprint density at radius 3 is 2.76 bits per heavy atom. The Hall–Kier alpha value is -2.46. The van der Waals surface area contributed by atoms with Crippen LogP contribution in [0.5, 0.6) is 5.75 Å². The number of nitrogens with zero attached hydrogens (tertiary/aromatic N) is 2. The molecule has 9 nitrogen and oxygen atoms in total. The van der Waals surface area contributed by atoms with Gasteiger partial charge in [0.1, 0.15) is 11.8 Å². The Morgan fingerprint density at radius 2 is 2.12 bits per heavy atom. The van der Waals surface area contributed by atoms with E-state index in [0.717, 1.165) is 0 Å². The molecule has 1 aliphatic carbocycles. The molecule has 2 aromatic rings. The third kappa shape index (κ3) is 3.97. The van der Waals surface area contributed by atoms with Gasteiger partial charge in [-0.05, 0) is 25.0 Å². The molecule has 10 heteroatoms. The molecule has 0 unspecified atom stereocenters. The second-order valence-electron chi connectivity index (χ2n) is 5.73. The van der Waals surface area contributed by atoms with Gasteiger partial charge < -0.3 is 14.9 Å². The molecule has 0 aliphatic heterocycles. The van der Waals surface area contributed by atoms with Crippen LogP contribution in [-0.2, 0) is 14.8 Å². The van der Waals surface area contributed by atoms with E-state index in [1.807, 2.05) is 0 Å². The highest BCUT2D eigenvalue weighted by molar-refractivity contribution is 7.90. The van der Waals surface area contributed by atoms with Crippen LogP contribution in [0, 0.1) is 0 Å². The number of nitrogens with one attached hydrogen (secondary N) is 1. The van der Waals surface area contributed by atoms with Crippen molar-refractivity contribution in [2.24, 2.45) is 5.73 Å². The zero-order valence-corrected chi connectivity index (χ0v) is 14.3. The Balaban J connectivity index is 1.89. The van der Waals surface area contributed by atoms with Crippen LogP contribution in [0.15, 0.2) is 28.7 Å². The molecule has 25 heavy (non-hydrogen) atoms. The quantitative estimate of drug-likeness (QED) is 0.703. The average Bonchev–Trinajstić information content (AvgIpc) is 3.32. The third-order valence-corrected chi connectivity index (χ3v) is 5.71. The molecule has 1 aromatic carbocycles. The summed E-state index contributed by atoms with van der Waals surface area (Å²) >= 11 is 0. The molecule has 3 rings (SSSR count). The Labute approximate surface area is 144 Å². The summed E-state index contributed by atoms with van der Waals surface area (Å²) in [6, 6.07) is 6.03. The number of ether oxygens (including phenoxy) is 1. The predicted octanol–water partition coefficient (Wildman–Crippen LogP) is 0.744. The fourth-order valence-electron chi connectivity index (χ4n) is 2.36. The maximum atomic E-state index is 12.2. The van der Waals surface area contributed by atoms with E-state index in [9.17, 15) is 13.2 Å². The molecule has 1 heterocycles. The van der Waals surface area contributed by atoms with Gasteiger partial charge in [0.25, 0.3) is 5.89 Å². The number of methoxy groups -OCH3 is 1. The van der Waals surface area contributed by atoms with Crippen LogP contribution in [0.1, 0.15) is 31.2 Å². The Morgan fingerprint density at radius 1 is 1.40 bits per heavy atom. The smallest absolute Gasteiger partial charge is 0.251 e. The molecule has 0 saturated heterocycles. The molecule has 0 bridgehead atoms. The molecule has 3 N–H and O–H groups in total. The average molecular weight is 366 g/mol. The summed E-state index contributed by atoms with van der Waals surface area (Å²) in [7, 11) is -2.05. The number of hydrogen-bond acceptors (Lipinski definition) is 7. The maximum Gasteiger partial charge on any atom is 0.251 e. The van der Waals surface area contributed by atoms with Crippen LogP contribution in [-0.4, -0.2) is 36.9 Å². The number of sulfonamides is 1. The molecule has 0 spiro atoms. The first-order valence-corrected chi connectivity index (χ1v) is 9.21. The number of hydrogen-bond donors (Lipinski definition) is 2. The number of nitrogens with two attached hydrogens (primary N) is 1. The van der Waals surface area contributed by atoms with Crippen molar-refractivity contribution in [3.63, 3.8) is 0 Å². The van der Waals surface area contributed by atoms with Crippen molar-refractivity contribution in [1.82, 2.24) is 14.9 Å². The zero-order chi connectivity index (χ0) is 18.0. The summed E-state index contributed by atoms with van der Waals surface area (Å²) in [6.07, 6.45) is 0.906. The number of benzene rings is 1. The summed E-state index contributed by atoms with van der Waals surface area (Å²) in [6.45, 7) is 0. The van der Waals surface area contributed by atoms with Gasteiger partial charge >= 0.3 is 0 Å². The van der Waals surface area contributed by atoms with Crippen LogP contribution >= 0.6 is 0 Å². The topological polar surface area (TPSA) is 137 Å². The lowest BCUT2D eigenvalue weighted by molar-refractivity contribution is -0.118. The monoisotopic (exact) mass is 366 g/mol. The van der Waals surface area contributed by atoms with Crippen molar-refractivity contribution in [1.29, 1.82) is 0 Å². The van der Waals surface area contributed by atoms with Crippen molar-refractivity contribution >= 4 is 15.9 Å². The summed E-state index contributed by atoms with van der Waals surface area (Å²) in [4.78, 5) is 11.3. The minimum Gasteiger partial charge on any atom is -0.496 e. The van der Waals surface area contributed by atoms with Gasteiger partial charge in [0.05, 0.1) is 24.3 Å². The van der Waals surface area contributed by atoms with Crippen LogP contribution in [0.4, 0.5) is 0 Å². The first kappa shape index (κ1) is 17.4. The fourth-order valence-corrected chi connectivity index (χ4v) is 3.89. The van der Waals surface area contributed by atoms with Crippen molar-refractivity contribution in [3.8, 4) is 17.2 Å². The van der Waals surface area contributed by atoms with E-state index in [2.05, 4.69) is 14.9 Å². The summed E-state index contributed by atoms with van der Waals surface area (Å²) < 4.78 is 37.6. The van der Waals surface area contributed by atoms with E-state index in [0.29, 0.717) is 24.2 Å². The molecule has 1 fully saturated rings. The highest BCUT2D eigenvalue weighted by Gasteiger charge is 2.38. The fraction of sp³-hybridized carbons (Fsp3) is 0.400. The molecule has 1 aliphatic rings. The van der Waals surface area contributed by atoms with Gasteiger partial charge in [0.2, 0.25) is 21.8 Å². The first-order chi connectivity index (χ1) is 11.9. The lowest BCUT2D eigenvalue weighted by Gasteiger charge is -2.13. The second-order valence-corrected chi connectivity index (χ2v) is 7.72. The number of para-hydroxylation sites is 1. The molecule has 1 saturated carbocycles. The number of amides is 1. The van der Waals surface area contributed by atoms with Crippen LogP contribution in [0.3, 0.4) is 0 Å². The van der Waals surface area contributed by atoms with Gasteiger partial charge in [-0.25, -0.2) is 13.1 Å². The van der Waals surface area contributed by atoms with Crippen molar-refractivity contribution < 1.29 is 22.4 Å². The molecule has 134 valence electrons. The highest BCUT2D eigenvalue weighted by Crippen LogP contribution is 2.32. The summed E-state index contributed by atoms with van der Waals surface area (Å²) in [5, 5.41) is 7.36. The van der Waals surface area contributed by atoms with Gasteiger partial charge in [-0.15, -0.1) is 10.2 Å². The van der Waals surface area contributed by atoms with Crippen LogP contribution in [0.25, 0.3) is 11.5 Å². The Kier molecular flexibility index (Phi) is 4.73. The van der Waals surface area contributed by atoms with E-state index in [-0.39, 0.29) is 18.2 Å². The predicted molar refractivity (Wildman–Crippen MR) is 87.9 cm³/mol. The van der Waals surface area contributed by atoms with Gasteiger partial charge in [-0.1, -0.05) is 12.1 Å². The normalized spacial score (nSPS) is 15.7. The van der Waals surface area contributed by atoms with Crippen molar-refractivity contribution in [3.05, 3.63) is 30.2 Å². The number of carbonyl (C=O) groups excluding carboxylic acids is 1. The number of carbonyl (C=O) groups is 1. The van der Waals surface area contributed by atoms with Crippen LogP contribution in [0.2, 0.25) is 0 Å². The van der Waals surface area contributed by atoms with Gasteiger partial charge in [-0.3, -0.25) is 4.79 Å². The van der Waals surface area contributed by atoms with E-state index in [4.69, 9.17) is 14.9 Å². The number of primary amides is 1. The van der Waals surface area contributed by atoms with Gasteiger partial charge in [0.15, 0.2) is 0 Å². The maximum absolute atomic E-state index is 12.2.